The van der Waals surface area contributed by atoms with E-state index in [0.29, 0.717) is 16.6 Å². The highest BCUT2D eigenvalue weighted by Crippen LogP contribution is 2.25. The van der Waals surface area contributed by atoms with E-state index in [9.17, 15) is 13.9 Å². The molecule has 1 N–H and O–H groups in total. The summed E-state index contributed by atoms with van der Waals surface area (Å²) in [4.78, 5) is 8.35. The molecule has 0 saturated carbocycles. The predicted octanol–water partition coefficient (Wildman–Crippen LogP) is 3.18. The van der Waals surface area contributed by atoms with Gasteiger partial charge in [0.05, 0.1) is 17.1 Å². The van der Waals surface area contributed by atoms with Crippen LogP contribution in [0.5, 0.6) is 0 Å². The van der Waals surface area contributed by atoms with Gasteiger partial charge in [0.1, 0.15) is 0 Å². The molecule has 3 aromatic rings. The van der Waals surface area contributed by atoms with Crippen LogP contribution < -0.4 is 0 Å². The molecule has 0 radical (unpaired) electrons. The second kappa shape index (κ2) is 5.54. The van der Waals surface area contributed by atoms with E-state index in [4.69, 9.17) is 0 Å². The number of aromatic nitrogens is 2. The summed E-state index contributed by atoms with van der Waals surface area (Å²) in [6.07, 6.45) is 2.08. The van der Waals surface area contributed by atoms with Gasteiger partial charge in [-0.3, -0.25) is 9.97 Å². The van der Waals surface area contributed by atoms with Crippen LogP contribution in [0.4, 0.5) is 8.78 Å². The zero-order chi connectivity index (χ0) is 14.8. The third-order valence-electron chi connectivity index (χ3n) is 3.33. The van der Waals surface area contributed by atoms with Crippen LogP contribution in [-0.4, -0.2) is 15.1 Å². The Morgan fingerprint density at radius 2 is 1.76 bits per heavy atom. The standard InChI is InChI=1S/C16H12F2N2O/c17-12-5-1-3-10(15(12)18)9-14(21)11-4-2-6-13-16(11)20-8-7-19-13/h1-8,14,21H,9H2. The topological polar surface area (TPSA) is 46.0 Å². The van der Waals surface area contributed by atoms with Gasteiger partial charge in [0, 0.05) is 24.4 Å². The summed E-state index contributed by atoms with van der Waals surface area (Å²) < 4.78 is 26.9. The fourth-order valence-electron chi connectivity index (χ4n) is 2.31. The van der Waals surface area contributed by atoms with E-state index in [1.807, 2.05) is 0 Å². The maximum absolute atomic E-state index is 13.7. The molecule has 0 fully saturated rings. The first kappa shape index (κ1) is 13.6. The molecule has 0 aliphatic carbocycles. The van der Waals surface area contributed by atoms with Crippen molar-refractivity contribution >= 4 is 11.0 Å². The Balaban J connectivity index is 1.97. The Morgan fingerprint density at radius 1 is 1.00 bits per heavy atom. The molecule has 1 unspecified atom stereocenters. The molecule has 0 bridgehead atoms. The minimum atomic E-state index is -0.985. The number of rotatable bonds is 3. The zero-order valence-corrected chi connectivity index (χ0v) is 11.0. The Morgan fingerprint density at radius 3 is 2.62 bits per heavy atom. The van der Waals surface area contributed by atoms with Crippen LogP contribution in [0.2, 0.25) is 0 Å². The molecular formula is C16H12F2N2O. The van der Waals surface area contributed by atoms with Crippen molar-refractivity contribution in [2.75, 3.05) is 0 Å². The summed E-state index contributed by atoms with van der Waals surface area (Å²) in [5.74, 6) is -1.85. The van der Waals surface area contributed by atoms with E-state index in [-0.39, 0.29) is 12.0 Å². The summed E-state index contributed by atoms with van der Waals surface area (Å²) >= 11 is 0. The Bertz CT molecular complexity index is 787. The molecule has 5 heteroatoms. The highest BCUT2D eigenvalue weighted by molar-refractivity contribution is 5.77. The van der Waals surface area contributed by atoms with E-state index in [1.54, 1.807) is 24.4 Å². The van der Waals surface area contributed by atoms with E-state index in [0.717, 1.165) is 6.07 Å². The van der Waals surface area contributed by atoms with Crippen molar-refractivity contribution in [3.63, 3.8) is 0 Å². The molecular weight excluding hydrogens is 274 g/mol. The lowest BCUT2D eigenvalue weighted by atomic mass is 9.99. The molecule has 0 aliphatic heterocycles. The van der Waals surface area contributed by atoms with Crippen LogP contribution in [0.25, 0.3) is 11.0 Å². The molecule has 0 saturated heterocycles. The molecule has 0 aliphatic rings. The summed E-state index contributed by atoms with van der Waals surface area (Å²) in [7, 11) is 0. The first-order valence-corrected chi connectivity index (χ1v) is 6.47. The minimum absolute atomic E-state index is 0.0285. The molecule has 1 aromatic heterocycles. The molecule has 106 valence electrons. The second-order valence-electron chi connectivity index (χ2n) is 4.70. The van der Waals surface area contributed by atoms with E-state index < -0.39 is 17.7 Å². The maximum atomic E-state index is 13.7. The minimum Gasteiger partial charge on any atom is -0.388 e. The molecule has 0 spiro atoms. The molecule has 0 amide bonds. The summed E-state index contributed by atoms with van der Waals surface area (Å²) in [6.45, 7) is 0. The number of para-hydroxylation sites is 1. The normalized spacial score (nSPS) is 12.5. The van der Waals surface area contributed by atoms with Gasteiger partial charge in [-0.15, -0.1) is 0 Å². The fraction of sp³-hybridized carbons (Fsp3) is 0.125. The lowest BCUT2D eigenvalue weighted by molar-refractivity contribution is 0.178. The van der Waals surface area contributed by atoms with Crippen LogP contribution >= 0.6 is 0 Å². The van der Waals surface area contributed by atoms with Crippen LogP contribution in [0.1, 0.15) is 17.2 Å². The second-order valence-corrected chi connectivity index (χ2v) is 4.70. The first-order chi connectivity index (χ1) is 10.2. The highest BCUT2D eigenvalue weighted by Gasteiger charge is 2.16. The van der Waals surface area contributed by atoms with Gasteiger partial charge in [0.15, 0.2) is 11.6 Å². The lowest BCUT2D eigenvalue weighted by Gasteiger charge is -2.13. The molecule has 3 nitrogen and oxygen atoms in total. The number of hydrogen-bond acceptors (Lipinski definition) is 3. The van der Waals surface area contributed by atoms with Crippen LogP contribution in [0, 0.1) is 11.6 Å². The van der Waals surface area contributed by atoms with E-state index in [2.05, 4.69) is 9.97 Å². The average Bonchev–Trinajstić information content (AvgIpc) is 2.51. The summed E-state index contributed by atoms with van der Waals surface area (Å²) in [6, 6.07) is 9.16. The van der Waals surface area contributed by atoms with Gasteiger partial charge in [-0.25, -0.2) is 8.78 Å². The highest BCUT2D eigenvalue weighted by atomic mass is 19.2. The van der Waals surface area contributed by atoms with Crippen molar-refractivity contribution in [3.8, 4) is 0 Å². The van der Waals surface area contributed by atoms with Crippen molar-refractivity contribution in [1.82, 2.24) is 9.97 Å². The van der Waals surface area contributed by atoms with Crippen LogP contribution in [-0.2, 0) is 6.42 Å². The summed E-state index contributed by atoms with van der Waals surface area (Å²) in [5.41, 5.74) is 1.88. The Kier molecular flexibility index (Phi) is 3.58. The van der Waals surface area contributed by atoms with Crippen LogP contribution in [0.3, 0.4) is 0 Å². The van der Waals surface area contributed by atoms with Crippen molar-refractivity contribution in [1.29, 1.82) is 0 Å². The zero-order valence-electron chi connectivity index (χ0n) is 11.0. The van der Waals surface area contributed by atoms with Crippen molar-refractivity contribution < 1.29 is 13.9 Å². The van der Waals surface area contributed by atoms with Gasteiger partial charge in [0.25, 0.3) is 0 Å². The number of hydrogen-bond donors (Lipinski definition) is 1. The number of halogens is 2. The van der Waals surface area contributed by atoms with E-state index >= 15 is 0 Å². The van der Waals surface area contributed by atoms with Gasteiger partial charge in [-0.1, -0.05) is 24.3 Å². The number of aliphatic hydroxyl groups excluding tert-OH is 1. The quantitative estimate of drug-likeness (QED) is 0.804. The molecule has 2 aromatic carbocycles. The monoisotopic (exact) mass is 286 g/mol. The molecule has 3 rings (SSSR count). The third kappa shape index (κ3) is 2.60. The first-order valence-electron chi connectivity index (χ1n) is 6.47. The van der Waals surface area contributed by atoms with Gasteiger partial charge in [-0.2, -0.15) is 0 Å². The SMILES string of the molecule is OC(Cc1cccc(F)c1F)c1cccc2nccnc12. The lowest BCUT2D eigenvalue weighted by Crippen LogP contribution is -2.06. The van der Waals surface area contributed by atoms with Crippen molar-refractivity contribution in [2.45, 2.75) is 12.5 Å². The van der Waals surface area contributed by atoms with E-state index in [1.165, 1.54) is 18.3 Å². The Hall–Kier alpha value is -2.40. The van der Waals surface area contributed by atoms with Gasteiger partial charge >= 0.3 is 0 Å². The predicted molar refractivity (Wildman–Crippen MR) is 74.6 cm³/mol. The number of fused-ring (bicyclic) bond motifs is 1. The van der Waals surface area contributed by atoms with Crippen LogP contribution in [0.15, 0.2) is 48.8 Å². The van der Waals surface area contributed by atoms with Crippen molar-refractivity contribution in [3.05, 3.63) is 71.6 Å². The smallest absolute Gasteiger partial charge is 0.162 e. The average molecular weight is 286 g/mol. The molecule has 1 atom stereocenters. The fourth-order valence-corrected chi connectivity index (χ4v) is 2.31. The number of nitrogens with zero attached hydrogens (tertiary/aromatic N) is 2. The number of benzene rings is 2. The van der Waals surface area contributed by atoms with Gasteiger partial charge in [-0.05, 0) is 17.7 Å². The van der Waals surface area contributed by atoms with Crippen molar-refractivity contribution in [2.24, 2.45) is 0 Å². The van der Waals surface area contributed by atoms with Gasteiger partial charge in [0.2, 0.25) is 0 Å². The Labute approximate surface area is 119 Å². The molecule has 21 heavy (non-hydrogen) atoms. The maximum Gasteiger partial charge on any atom is 0.162 e. The summed E-state index contributed by atoms with van der Waals surface area (Å²) in [5, 5.41) is 10.3. The number of aliphatic hydroxyl groups is 1. The molecule has 1 heterocycles. The largest absolute Gasteiger partial charge is 0.388 e. The third-order valence-corrected chi connectivity index (χ3v) is 3.33. The van der Waals surface area contributed by atoms with Gasteiger partial charge < -0.3 is 5.11 Å².